The molecule has 1 aromatic heterocycles. The maximum atomic E-state index is 12.9. The Morgan fingerprint density at radius 3 is 2.10 bits per heavy atom. The van der Waals surface area contributed by atoms with Crippen LogP contribution in [0, 0.1) is 6.92 Å². The predicted octanol–water partition coefficient (Wildman–Crippen LogP) is 1.72. The van der Waals surface area contributed by atoms with Crippen LogP contribution >= 0.6 is 0 Å². The second-order valence-electron chi connectivity index (χ2n) is 7.06. The van der Waals surface area contributed by atoms with Gasteiger partial charge in [-0.1, -0.05) is 12.1 Å². The van der Waals surface area contributed by atoms with Crippen LogP contribution in [0.25, 0.3) is 5.69 Å². The highest BCUT2D eigenvalue weighted by atomic mass is 32.2. The third-order valence-corrected chi connectivity index (χ3v) is 7.61. The Morgan fingerprint density at radius 1 is 0.933 bits per heavy atom. The SMILES string of the molecule is Cc1c[nH]c(=O)n1-c1ccccc1NS(=O)(=O)c1ccc(S(=O)(=O)NC2CC2)cc1. The molecule has 3 N–H and O–H groups in total. The van der Waals surface area contributed by atoms with Crippen molar-refractivity contribution in [3.8, 4) is 5.69 Å². The van der Waals surface area contributed by atoms with Crippen molar-refractivity contribution in [2.24, 2.45) is 0 Å². The second-order valence-corrected chi connectivity index (χ2v) is 10.5. The first-order valence-corrected chi connectivity index (χ1v) is 12.2. The normalized spacial score (nSPS) is 14.6. The van der Waals surface area contributed by atoms with E-state index in [0.29, 0.717) is 11.4 Å². The highest BCUT2D eigenvalue weighted by Crippen LogP contribution is 2.25. The van der Waals surface area contributed by atoms with Crippen LogP contribution in [0.3, 0.4) is 0 Å². The summed E-state index contributed by atoms with van der Waals surface area (Å²) in [6.07, 6.45) is 3.14. The number of H-pyrrole nitrogens is 1. The number of nitrogens with one attached hydrogen (secondary N) is 3. The molecule has 2 aromatic carbocycles. The molecular weight excluding hydrogens is 428 g/mol. The molecule has 1 heterocycles. The van der Waals surface area contributed by atoms with E-state index in [1.165, 1.54) is 35.0 Å². The minimum Gasteiger partial charge on any atom is -0.312 e. The fourth-order valence-electron chi connectivity index (χ4n) is 3.00. The highest BCUT2D eigenvalue weighted by Gasteiger charge is 2.28. The van der Waals surface area contributed by atoms with Gasteiger partial charge in [0, 0.05) is 17.9 Å². The van der Waals surface area contributed by atoms with Crippen molar-refractivity contribution >= 4 is 25.7 Å². The minimum atomic E-state index is -4.02. The van der Waals surface area contributed by atoms with E-state index >= 15 is 0 Å². The molecular formula is C19H20N4O5S2. The first-order valence-electron chi connectivity index (χ1n) is 9.19. The van der Waals surface area contributed by atoms with E-state index in [2.05, 4.69) is 14.4 Å². The van der Waals surface area contributed by atoms with Crippen molar-refractivity contribution in [2.45, 2.75) is 35.6 Å². The Bertz CT molecular complexity index is 1350. The van der Waals surface area contributed by atoms with Crippen molar-refractivity contribution in [3.05, 3.63) is 70.9 Å². The van der Waals surface area contributed by atoms with Gasteiger partial charge in [0.05, 0.1) is 21.2 Å². The molecule has 30 heavy (non-hydrogen) atoms. The molecule has 1 aliphatic carbocycles. The van der Waals surface area contributed by atoms with Crippen molar-refractivity contribution in [3.63, 3.8) is 0 Å². The molecule has 1 fully saturated rings. The fourth-order valence-corrected chi connectivity index (χ4v) is 5.38. The fraction of sp³-hybridized carbons (Fsp3) is 0.211. The summed E-state index contributed by atoms with van der Waals surface area (Å²) >= 11 is 0. The number of aromatic nitrogens is 2. The third-order valence-electron chi connectivity index (χ3n) is 4.69. The molecule has 0 radical (unpaired) electrons. The molecule has 11 heteroatoms. The van der Waals surface area contributed by atoms with Gasteiger partial charge in [-0.2, -0.15) is 0 Å². The van der Waals surface area contributed by atoms with Gasteiger partial charge in [0.25, 0.3) is 10.0 Å². The van der Waals surface area contributed by atoms with E-state index in [4.69, 9.17) is 0 Å². The van der Waals surface area contributed by atoms with Gasteiger partial charge in [-0.3, -0.25) is 9.29 Å². The molecule has 1 aliphatic rings. The largest absolute Gasteiger partial charge is 0.330 e. The quantitative estimate of drug-likeness (QED) is 0.507. The molecule has 158 valence electrons. The molecule has 0 saturated heterocycles. The van der Waals surface area contributed by atoms with Crippen LogP contribution in [0.1, 0.15) is 18.5 Å². The van der Waals surface area contributed by atoms with E-state index in [0.717, 1.165) is 12.8 Å². The van der Waals surface area contributed by atoms with Gasteiger partial charge in [0.2, 0.25) is 10.0 Å². The van der Waals surface area contributed by atoms with Crippen molar-refractivity contribution < 1.29 is 16.8 Å². The Balaban J connectivity index is 1.64. The summed E-state index contributed by atoms with van der Waals surface area (Å²) in [6.45, 7) is 1.72. The lowest BCUT2D eigenvalue weighted by atomic mass is 10.2. The average Bonchev–Trinajstić information content (AvgIpc) is 3.44. The van der Waals surface area contributed by atoms with Gasteiger partial charge in [-0.15, -0.1) is 0 Å². The lowest BCUT2D eigenvalue weighted by molar-refractivity contribution is 0.580. The van der Waals surface area contributed by atoms with Gasteiger partial charge in [-0.05, 0) is 56.2 Å². The van der Waals surface area contributed by atoms with Crippen LogP contribution in [0.4, 0.5) is 5.69 Å². The van der Waals surface area contributed by atoms with E-state index in [1.54, 1.807) is 31.2 Å². The molecule has 9 nitrogen and oxygen atoms in total. The first kappa shape index (κ1) is 20.4. The number of benzene rings is 2. The summed E-state index contributed by atoms with van der Waals surface area (Å²) in [5.74, 6) is 0. The van der Waals surface area contributed by atoms with Gasteiger partial charge in [0.1, 0.15) is 0 Å². The maximum absolute atomic E-state index is 12.9. The molecule has 4 rings (SSSR count). The number of rotatable bonds is 7. The number of hydrogen-bond acceptors (Lipinski definition) is 5. The van der Waals surface area contributed by atoms with Gasteiger partial charge in [-0.25, -0.2) is 26.4 Å². The minimum absolute atomic E-state index is 0.00301. The van der Waals surface area contributed by atoms with Crippen molar-refractivity contribution in [1.82, 2.24) is 14.3 Å². The summed E-state index contributed by atoms with van der Waals surface area (Å²) in [5, 5.41) is 0. The van der Waals surface area contributed by atoms with E-state index in [1.807, 2.05) is 0 Å². The van der Waals surface area contributed by atoms with Crippen LogP contribution in [0.15, 0.2) is 69.3 Å². The highest BCUT2D eigenvalue weighted by molar-refractivity contribution is 7.92. The van der Waals surface area contributed by atoms with Crippen LogP contribution in [0.5, 0.6) is 0 Å². The van der Waals surface area contributed by atoms with Gasteiger partial charge >= 0.3 is 5.69 Å². The maximum Gasteiger partial charge on any atom is 0.330 e. The second kappa shape index (κ2) is 7.42. The zero-order chi connectivity index (χ0) is 21.5. The van der Waals surface area contributed by atoms with Crippen LogP contribution < -0.4 is 15.1 Å². The Morgan fingerprint density at radius 2 is 1.53 bits per heavy atom. The Kier molecular flexibility index (Phi) is 5.04. The van der Waals surface area contributed by atoms with Gasteiger partial charge in [0.15, 0.2) is 0 Å². The summed E-state index contributed by atoms with van der Waals surface area (Å²) in [5.41, 5.74) is 0.813. The van der Waals surface area contributed by atoms with E-state index < -0.39 is 25.7 Å². The molecule has 1 saturated carbocycles. The molecule has 0 bridgehead atoms. The number of aryl methyl sites for hydroxylation is 1. The number of imidazole rings is 1. The van der Waals surface area contributed by atoms with E-state index in [9.17, 15) is 21.6 Å². The zero-order valence-corrected chi connectivity index (χ0v) is 17.6. The topological polar surface area (TPSA) is 130 Å². The molecule has 0 spiro atoms. The molecule has 0 atom stereocenters. The van der Waals surface area contributed by atoms with Crippen LogP contribution in [-0.2, 0) is 20.0 Å². The predicted molar refractivity (Wildman–Crippen MR) is 112 cm³/mol. The summed E-state index contributed by atoms with van der Waals surface area (Å²) in [4.78, 5) is 14.6. The molecule has 0 unspecified atom stereocenters. The van der Waals surface area contributed by atoms with Crippen LogP contribution in [-0.4, -0.2) is 32.4 Å². The number of sulfonamides is 2. The van der Waals surface area contributed by atoms with E-state index in [-0.39, 0.29) is 21.5 Å². The molecule has 3 aromatic rings. The van der Waals surface area contributed by atoms with Gasteiger partial charge < -0.3 is 4.98 Å². The molecule has 0 aliphatic heterocycles. The monoisotopic (exact) mass is 448 g/mol. The summed E-state index contributed by atoms with van der Waals surface area (Å²) in [6, 6.07) is 11.4. The number of hydrogen-bond donors (Lipinski definition) is 3. The number of anilines is 1. The van der Waals surface area contributed by atoms with Crippen molar-refractivity contribution in [1.29, 1.82) is 0 Å². The number of nitrogens with zero attached hydrogens (tertiary/aromatic N) is 1. The lowest BCUT2D eigenvalue weighted by Gasteiger charge is -2.14. The lowest BCUT2D eigenvalue weighted by Crippen LogP contribution is -2.25. The molecule has 0 amide bonds. The number of aromatic amines is 1. The number of para-hydroxylation sites is 2. The third kappa shape index (κ3) is 4.04. The smallest absolute Gasteiger partial charge is 0.312 e. The average molecular weight is 449 g/mol. The van der Waals surface area contributed by atoms with Crippen LogP contribution in [0.2, 0.25) is 0 Å². The van der Waals surface area contributed by atoms with Crippen molar-refractivity contribution in [2.75, 3.05) is 4.72 Å². The Labute approximate surface area is 173 Å². The summed E-state index contributed by atoms with van der Waals surface area (Å²) in [7, 11) is -7.69. The Hall–Kier alpha value is -2.89. The summed E-state index contributed by atoms with van der Waals surface area (Å²) < 4.78 is 56.7. The standard InChI is InChI=1S/C19H20N4O5S2/c1-13-12-20-19(24)23(13)18-5-3-2-4-17(18)22-30(27,28)16-10-8-15(9-11-16)29(25,26)21-14-6-7-14/h2-5,8-12,14,21-22H,6-7H2,1H3,(H,20,24). The first-order chi connectivity index (χ1) is 14.2. The zero-order valence-electron chi connectivity index (χ0n) is 16.0.